The number of aromatic nitrogens is 2. The van der Waals surface area contributed by atoms with Gasteiger partial charge < -0.3 is 5.32 Å². The lowest BCUT2D eigenvalue weighted by molar-refractivity contribution is 0.604. The van der Waals surface area contributed by atoms with Crippen LogP contribution in [0.25, 0.3) is 10.7 Å². The molecule has 0 aliphatic rings. The van der Waals surface area contributed by atoms with Gasteiger partial charge in [-0.05, 0) is 31.4 Å². The second-order valence-corrected chi connectivity index (χ2v) is 6.75. The normalized spacial score (nSPS) is 11.6. The van der Waals surface area contributed by atoms with Crippen LogP contribution in [0.3, 0.4) is 0 Å². The first kappa shape index (κ1) is 14.0. The molecule has 0 saturated heterocycles. The third-order valence-electron chi connectivity index (χ3n) is 2.78. The summed E-state index contributed by atoms with van der Waals surface area (Å²) in [5, 5.41) is 3.25. The number of anilines is 1. The molecule has 0 amide bonds. The minimum absolute atomic E-state index is 0.178. The van der Waals surface area contributed by atoms with E-state index in [4.69, 9.17) is 0 Å². The minimum atomic E-state index is 0.178. The number of hydrogen-bond acceptors (Lipinski definition) is 4. The predicted molar refractivity (Wildman–Crippen MR) is 82.9 cm³/mol. The van der Waals surface area contributed by atoms with Crippen molar-refractivity contribution >= 4 is 17.2 Å². The maximum Gasteiger partial charge on any atom is 0.171 e. The van der Waals surface area contributed by atoms with Gasteiger partial charge in [-0.15, -0.1) is 11.3 Å². The zero-order chi connectivity index (χ0) is 14.0. The lowest BCUT2D eigenvalue weighted by Gasteiger charge is -2.15. The summed E-state index contributed by atoms with van der Waals surface area (Å²) in [5.74, 6) is 1.71. The number of rotatable bonds is 3. The van der Waals surface area contributed by atoms with Crippen molar-refractivity contribution in [3.05, 3.63) is 28.8 Å². The standard InChI is InChI=1S/C15H21N3S/c1-6-16-13-9-10(2)17-14(18-13)11-7-8-12(19-11)15(3,4)5/h7-9H,6H2,1-5H3,(H,16,17,18). The molecule has 2 aromatic heterocycles. The van der Waals surface area contributed by atoms with Crippen molar-refractivity contribution in [3.63, 3.8) is 0 Å². The fraction of sp³-hybridized carbons (Fsp3) is 0.467. The van der Waals surface area contributed by atoms with Crippen molar-refractivity contribution < 1.29 is 0 Å². The van der Waals surface area contributed by atoms with E-state index in [-0.39, 0.29) is 5.41 Å². The quantitative estimate of drug-likeness (QED) is 0.910. The van der Waals surface area contributed by atoms with Gasteiger partial charge in [0.15, 0.2) is 5.82 Å². The first-order valence-corrected chi connectivity index (χ1v) is 7.42. The summed E-state index contributed by atoms with van der Waals surface area (Å²) in [6.07, 6.45) is 0. The molecular formula is C15H21N3S. The lowest BCUT2D eigenvalue weighted by Crippen LogP contribution is -2.07. The summed E-state index contributed by atoms with van der Waals surface area (Å²) in [6.45, 7) is 11.6. The molecule has 0 aliphatic carbocycles. The van der Waals surface area contributed by atoms with Crippen LogP contribution in [0.4, 0.5) is 5.82 Å². The minimum Gasteiger partial charge on any atom is -0.370 e. The van der Waals surface area contributed by atoms with Crippen LogP contribution in [-0.4, -0.2) is 16.5 Å². The summed E-state index contributed by atoms with van der Waals surface area (Å²) < 4.78 is 0. The first-order chi connectivity index (χ1) is 8.90. The van der Waals surface area contributed by atoms with Gasteiger partial charge in [-0.2, -0.15) is 0 Å². The Hall–Kier alpha value is -1.42. The highest BCUT2D eigenvalue weighted by Gasteiger charge is 2.17. The van der Waals surface area contributed by atoms with Crippen molar-refractivity contribution in [1.29, 1.82) is 0 Å². The van der Waals surface area contributed by atoms with E-state index in [0.29, 0.717) is 0 Å². The molecule has 102 valence electrons. The highest BCUT2D eigenvalue weighted by atomic mass is 32.1. The van der Waals surface area contributed by atoms with Gasteiger partial charge in [0, 0.05) is 23.2 Å². The molecule has 19 heavy (non-hydrogen) atoms. The molecular weight excluding hydrogens is 254 g/mol. The Balaban J connectivity index is 2.38. The Bertz CT molecular complexity index is 567. The van der Waals surface area contributed by atoms with Gasteiger partial charge in [-0.25, -0.2) is 9.97 Å². The molecule has 0 saturated carbocycles. The molecule has 0 aromatic carbocycles. The van der Waals surface area contributed by atoms with E-state index in [2.05, 4.69) is 55.1 Å². The van der Waals surface area contributed by atoms with E-state index < -0.39 is 0 Å². The molecule has 0 radical (unpaired) electrons. The number of nitrogens with zero attached hydrogens (tertiary/aromatic N) is 2. The van der Waals surface area contributed by atoms with Crippen LogP contribution in [-0.2, 0) is 5.41 Å². The molecule has 2 rings (SSSR count). The van der Waals surface area contributed by atoms with E-state index in [1.165, 1.54) is 4.88 Å². The smallest absolute Gasteiger partial charge is 0.171 e. The third-order valence-corrected chi connectivity index (χ3v) is 4.28. The van der Waals surface area contributed by atoms with Crippen LogP contribution in [0.1, 0.15) is 38.3 Å². The average Bonchev–Trinajstić information content (AvgIpc) is 2.77. The number of thiophene rings is 1. The van der Waals surface area contributed by atoms with Crippen LogP contribution in [0.2, 0.25) is 0 Å². The van der Waals surface area contributed by atoms with Crippen molar-refractivity contribution in [1.82, 2.24) is 9.97 Å². The predicted octanol–water partition coefficient (Wildman–Crippen LogP) is 4.24. The number of nitrogens with one attached hydrogen (secondary N) is 1. The van der Waals surface area contributed by atoms with Gasteiger partial charge in [0.2, 0.25) is 0 Å². The van der Waals surface area contributed by atoms with Gasteiger partial charge in [-0.3, -0.25) is 0 Å². The second kappa shape index (κ2) is 5.29. The van der Waals surface area contributed by atoms with E-state index in [1.54, 1.807) is 11.3 Å². The van der Waals surface area contributed by atoms with Crippen LogP contribution >= 0.6 is 11.3 Å². The molecule has 0 unspecified atom stereocenters. The van der Waals surface area contributed by atoms with Gasteiger partial charge in [0.25, 0.3) is 0 Å². The SMILES string of the molecule is CCNc1cc(C)nc(-c2ccc(C(C)(C)C)s2)n1. The molecule has 0 aliphatic heterocycles. The zero-order valence-corrected chi connectivity index (χ0v) is 13.1. The molecule has 0 spiro atoms. The van der Waals surface area contributed by atoms with Gasteiger partial charge in [0.1, 0.15) is 5.82 Å². The highest BCUT2D eigenvalue weighted by Crippen LogP contribution is 2.33. The monoisotopic (exact) mass is 275 g/mol. The average molecular weight is 275 g/mol. The second-order valence-electron chi connectivity index (χ2n) is 5.66. The van der Waals surface area contributed by atoms with Crippen molar-refractivity contribution in [2.45, 2.75) is 40.0 Å². The Morgan fingerprint density at radius 2 is 1.95 bits per heavy atom. The number of hydrogen-bond donors (Lipinski definition) is 1. The van der Waals surface area contributed by atoms with Crippen LogP contribution < -0.4 is 5.32 Å². The van der Waals surface area contributed by atoms with Gasteiger partial charge in [0.05, 0.1) is 4.88 Å². The van der Waals surface area contributed by atoms with E-state index >= 15 is 0 Å². The Labute approximate surface area is 119 Å². The van der Waals surface area contributed by atoms with Crippen molar-refractivity contribution in [2.75, 3.05) is 11.9 Å². The molecule has 2 aromatic rings. The molecule has 0 atom stereocenters. The Morgan fingerprint density at radius 3 is 2.53 bits per heavy atom. The summed E-state index contributed by atoms with van der Waals surface area (Å²) in [7, 11) is 0. The fourth-order valence-corrected chi connectivity index (χ4v) is 2.81. The van der Waals surface area contributed by atoms with Crippen LogP contribution in [0.5, 0.6) is 0 Å². The molecule has 0 bridgehead atoms. The first-order valence-electron chi connectivity index (χ1n) is 6.60. The molecule has 0 fully saturated rings. The summed E-state index contributed by atoms with van der Waals surface area (Å²) in [6, 6.07) is 6.28. The van der Waals surface area contributed by atoms with Gasteiger partial charge in [-0.1, -0.05) is 20.8 Å². The molecule has 2 heterocycles. The molecule has 1 N–H and O–H groups in total. The van der Waals surface area contributed by atoms with Crippen LogP contribution in [0, 0.1) is 6.92 Å². The molecule has 3 nitrogen and oxygen atoms in total. The van der Waals surface area contributed by atoms with E-state index in [9.17, 15) is 0 Å². The van der Waals surface area contributed by atoms with E-state index in [0.717, 1.165) is 28.8 Å². The summed E-state index contributed by atoms with van der Waals surface area (Å²) in [4.78, 5) is 11.6. The van der Waals surface area contributed by atoms with Crippen molar-refractivity contribution in [3.8, 4) is 10.7 Å². The van der Waals surface area contributed by atoms with Gasteiger partial charge >= 0.3 is 0 Å². The Morgan fingerprint density at radius 1 is 1.21 bits per heavy atom. The number of aryl methyl sites for hydroxylation is 1. The molecule has 4 heteroatoms. The largest absolute Gasteiger partial charge is 0.370 e. The third kappa shape index (κ3) is 3.32. The Kier molecular flexibility index (Phi) is 3.90. The zero-order valence-electron chi connectivity index (χ0n) is 12.2. The maximum absolute atomic E-state index is 4.58. The lowest BCUT2D eigenvalue weighted by atomic mass is 9.95. The summed E-state index contributed by atoms with van der Waals surface area (Å²) >= 11 is 1.78. The fourth-order valence-electron chi connectivity index (χ4n) is 1.81. The summed E-state index contributed by atoms with van der Waals surface area (Å²) in [5.41, 5.74) is 1.17. The maximum atomic E-state index is 4.58. The van der Waals surface area contributed by atoms with E-state index in [1.807, 2.05) is 13.0 Å². The van der Waals surface area contributed by atoms with Crippen molar-refractivity contribution in [2.24, 2.45) is 0 Å². The highest BCUT2D eigenvalue weighted by molar-refractivity contribution is 7.15. The topological polar surface area (TPSA) is 37.8 Å². The van der Waals surface area contributed by atoms with Crippen LogP contribution in [0.15, 0.2) is 18.2 Å².